The van der Waals surface area contributed by atoms with Gasteiger partial charge in [0.2, 0.25) is 0 Å². The zero-order chi connectivity index (χ0) is 13.1. The van der Waals surface area contributed by atoms with E-state index in [0.717, 1.165) is 0 Å². The van der Waals surface area contributed by atoms with Crippen LogP contribution in [0.1, 0.15) is 36.1 Å². The van der Waals surface area contributed by atoms with E-state index in [4.69, 9.17) is 5.73 Å². The highest BCUT2D eigenvalue weighted by Gasteiger charge is 2.31. The van der Waals surface area contributed by atoms with Gasteiger partial charge >= 0.3 is 0 Å². The zero-order valence-electron chi connectivity index (χ0n) is 11.5. The Morgan fingerprint density at radius 2 is 2.00 bits per heavy atom. The molecule has 0 radical (unpaired) electrons. The van der Waals surface area contributed by atoms with Crippen LogP contribution in [0, 0.1) is 13.8 Å². The van der Waals surface area contributed by atoms with Crippen LogP contribution in [0.5, 0.6) is 0 Å². The monoisotopic (exact) mass is 281 g/mol. The van der Waals surface area contributed by atoms with Crippen LogP contribution in [0.3, 0.4) is 0 Å². The first kappa shape index (κ1) is 14.3. The Hall–Kier alpha value is -0.120. The van der Waals surface area contributed by atoms with Gasteiger partial charge in [0.1, 0.15) is 0 Å². The van der Waals surface area contributed by atoms with Crippen molar-refractivity contribution in [3.05, 3.63) is 34.9 Å². The fourth-order valence-electron chi connectivity index (χ4n) is 2.57. The minimum absolute atomic E-state index is 0.174. The minimum Gasteiger partial charge on any atom is -0.323 e. The molecular formula is C15H23NS2. The highest BCUT2D eigenvalue weighted by molar-refractivity contribution is 8.07. The molecule has 1 aliphatic rings. The van der Waals surface area contributed by atoms with Crippen LogP contribution in [-0.4, -0.2) is 22.0 Å². The Labute approximate surface area is 119 Å². The topological polar surface area (TPSA) is 26.0 Å². The summed E-state index contributed by atoms with van der Waals surface area (Å²) in [5, 5.41) is 1.27. The number of hydrogen-bond donors (Lipinski definition) is 1. The third kappa shape index (κ3) is 3.06. The molecule has 2 rings (SSSR count). The van der Waals surface area contributed by atoms with E-state index >= 15 is 0 Å². The number of hydrogen-bond acceptors (Lipinski definition) is 3. The third-order valence-corrected chi connectivity index (χ3v) is 7.01. The molecule has 1 aromatic rings. The molecule has 0 bridgehead atoms. The molecule has 1 saturated heterocycles. The van der Waals surface area contributed by atoms with Crippen molar-refractivity contribution in [3.63, 3.8) is 0 Å². The molecule has 18 heavy (non-hydrogen) atoms. The molecular weight excluding hydrogens is 258 g/mol. The molecule has 1 aromatic carbocycles. The van der Waals surface area contributed by atoms with Crippen molar-refractivity contribution in [2.45, 2.75) is 43.7 Å². The molecule has 1 fully saturated rings. The van der Waals surface area contributed by atoms with Crippen LogP contribution >= 0.6 is 23.5 Å². The molecule has 0 amide bonds. The standard InChI is InChI=1S/C15H23NS2/c1-4-13-15(18-8-7-17-13)14(16)12-9-10(2)5-6-11(12)3/h5-6,9,13-15H,4,7-8,16H2,1-3H3. The summed E-state index contributed by atoms with van der Waals surface area (Å²) in [6.07, 6.45) is 1.22. The maximum atomic E-state index is 6.57. The number of benzene rings is 1. The van der Waals surface area contributed by atoms with Crippen molar-refractivity contribution in [2.75, 3.05) is 11.5 Å². The smallest absolute Gasteiger partial charge is 0.0429 e. The van der Waals surface area contributed by atoms with Crippen molar-refractivity contribution in [1.82, 2.24) is 0 Å². The molecule has 2 N–H and O–H groups in total. The maximum absolute atomic E-state index is 6.57. The number of rotatable bonds is 3. The Bertz CT molecular complexity index is 405. The average Bonchev–Trinajstić information content (AvgIpc) is 2.40. The van der Waals surface area contributed by atoms with Gasteiger partial charge in [-0.3, -0.25) is 0 Å². The van der Waals surface area contributed by atoms with Gasteiger partial charge in [-0.25, -0.2) is 0 Å². The predicted molar refractivity (Wildman–Crippen MR) is 85.6 cm³/mol. The molecule has 0 spiro atoms. The summed E-state index contributed by atoms with van der Waals surface area (Å²) < 4.78 is 0. The molecule has 1 aliphatic heterocycles. The van der Waals surface area contributed by atoms with E-state index in [1.807, 2.05) is 0 Å². The molecule has 1 nitrogen and oxygen atoms in total. The quantitative estimate of drug-likeness (QED) is 0.909. The summed E-state index contributed by atoms with van der Waals surface area (Å²) in [5.74, 6) is 2.52. The fourth-order valence-corrected chi connectivity index (χ4v) is 5.74. The Morgan fingerprint density at radius 3 is 2.72 bits per heavy atom. The number of nitrogens with two attached hydrogens (primary N) is 1. The predicted octanol–water partition coefficient (Wildman–Crippen LogP) is 3.93. The van der Waals surface area contributed by atoms with E-state index in [1.54, 1.807) is 0 Å². The van der Waals surface area contributed by atoms with Gasteiger partial charge in [-0.15, -0.1) is 0 Å². The molecule has 1 heterocycles. The van der Waals surface area contributed by atoms with Crippen molar-refractivity contribution >= 4 is 23.5 Å². The molecule has 3 atom stereocenters. The summed E-state index contributed by atoms with van der Waals surface area (Å²) in [5.41, 5.74) is 10.6. The van der Waals surface area contributed by atoms with Crippen LogP contribution in [0.2, 0.25) is 0 Å². The van der Waals surface area contributed by atoms with Crippen LogP contribution < -0.4 is 5.73 Å². The van der Waals surface area contributed by atoms with Gasteiger partial charge in [0.05, 0.1) is 0 Å². The zero-order valence-corrected chi connectivity index (χ0v) is 13.1. The first-order valence-electron chi connectivity index (χ1n) is 6.69. The normalized spacial score (nSPS) is 26.0. The van der Waals surface area contributed by atoms with E-state index in [0.29, 0.717) is 10.5 Å². The SMILES string of the molecule is CCC1SCCSC1C(N)c1cc(C)ccc1C. The van der Waals surface area contributed by atoms with Crippen LogP contribution in [0.25, 0.3) is 0 Å². The second-order valence-electron chi connectivity index (χ2n) is 5.04. The summed E-state index contributed by atoms with van der Waals surface area (Å²) in [6, 6.07) is 6.82. The largest absolute Gasteiger partial charge is 0.323 e. The first-order valence-corrected chi connectivity index (χ1v) is 8.79. The molecule has 0 aliphatic carbocycles. The Kier molecular flexibility index (Phi) is 5.05. The van der Waals surface area contributed by atoms with Gasteiger partial charge in [-0.1, -0.05) is 30.7 Å². The van der Waals surface area contributed by atoms with Crippen LogP contribution in [0.15, 0.2) is 18.2 Å². The van der Waals surface area contributed by atoms with Crippen LogP contribution in [-0.2, 0) is 0 Å². The van der Waals surface area contributed by atoms with E-state index in [-0.39, 0.29) is 6.04 Å². The number of thioether (sulfide) groups is 2. The lowest BCUT2D eigenvalue weighted by molar-refractivity contribution is 0.627. The highest BCUT2D eigenvalue weighted by Crippen LogP contribution is 2.39. The second-order valence-corrected chi connectivity index (χ2v) is 7.67. The molecule has 3 unspecified atom stereocenters. The molecule has 0 saturated carbocycles. The van der Waals surface area contributed by atoms with Gasteiger partial charge < -0.3 is 5.73 Å². The third-order valence-electron chi connectivity index (χ3n) is 3.64. The fraction of sp³-hybridized carbons (Fsp3) is 0.600. The van der Waals surface area contributed by atoms with Gasteiger partial charge in [-0.05, 0) is 31.4 Å². The van der Waals surface area contributed by atoms with Crippen molar-refractivity contribution < 1.29 is 0 Å². The molecule has 100 valence electrons. The lowest BCUT2D eigenvalue weighted by Crippen LogP contribution is -2.35. The Balaban J connectivity index is 2.23. The molecule has 3 heteroatoms. The van der Waals surface area contributed by atoms with E-state index in [1.165, 1.54) is 34.6 Å². The van der Waals surface area contributed by atoms with E-state index in [9.17, 15) is 0 Å². The lowest BCUT2D eigenvalue weighted by atomic mass is 9.95. The van der Waals surface area contributed by atoms with Crippen LogP contribution in [0.4, 0.5) is 0 Å². The molecule has 0 aromatic heterocycles. The minimum atomic E-state index is 0.174. The van der Waals surface area contributed by atoms with Crippen molar-refractivity contribution in [1.29, 1.82) is 0 Å². The van der Waals surface area contributed by atoms with Crippen molar-refractivity contribution in [2.24, 2.45) is 5.73 Å². The van der Waals surface area contributed by atoms with E-state index in [2.05, 4.69) is 62.5 Å². The summed E-state index contributed by atoms with van der Waals surface area (Å²) >= 11 is 4.17. The average molecular weight is 281 g/mol. The number of aryl methyl sites for hydroxylation is 2. The Morgan fingerprint density at radius 1 is 1.28 bits per heavy atom. The summed E-state index contributed by atoms with van der Waals surface area (Å²) in [7, 11) is 0. The van der Waals surface area contributed by atoms with Gasteiger partial charge in [0.25, 0.3) is 0 Å². The van der Waals surface area contributed by atoms with Gasteiger partial charge in [0, 0.05) is 28.0 Å². The maximum Gasteiger partial charge on any atom is 0.0429 e. The first-order chi connectivity index (χ1) is 8.63. The highest BCUT2D eigenvalue weighted by atomic mass is 32.2. The lowest BCUT2D eigenvalue weighted by Gasteiger charge is -2.35. The summed E-state index contributed by atoms with van der Waals surface area (Å²) in [6.45, 7) is 6.61. The van der Waals surface area contributed by atoms with Crippen molar-refractivity contribution in [3.8, 4) is 0 Å². The summed E-state index contributed by atoms with van der Waals surface area (Å²) in [4.78, 5) is 0. The van der Waals surface area contributed by atoms with E-state index < -0.39 is 0 Å². The van der Waals surface area contributed by atoms with Gasteiger partial charge in [0.15, 0.2) is 0 Å². The second kappa shape index (κ2) is 6.36. The van der Waals surface area contributed by atoms with Gasteiger partial charge in [-0.2, -0.15) is 23.5 Å².